The van der Waals surface area contributed by atoms with Gasteiger partial charge in [-0.2, -0.15) is 0 Å². The third-order valence-corrected chi connectivity index (χ3v) is 4.81. The topological polar surface area (TPSA) is 50.3 Å². The molecule has 4 rings (SSSR count). The highest BCUT2D eigenvalue weighted by Gasteiger charge is 2.24. The first-order valence-electron chi connectivity index (χ1n) is 7.15. The average Bonchev–Trinajstić information content (AvgIpc) is 3.10. The van der Waals surface area contributed by atoms with Crippen LogP contribution in [-0.2, 0) is 9.59 Å². The molecule has 3 aromatic rings. The van der Waals surface area contributed by atoms with Crippen LogP contribution in [0, 0.1) is 6.92 Å². The summed E-state index contributed by atoms with van der Waals surface area (Å²) in [7, 11) is 0. The van der Waals surface area contributed by atoms with Gasteiger partial charge < -0.3 is 0 Å². The van der Waals surface area contributed by atoms with E-state index in [1.807, 2.05) is 19.1 Å². The van der Waals surface area contributed by atoms with Crippen molar-refractivity contribution < 1.29 is 9.59 Å². The highest BCUT2D eigenvalue weighted by atomic mass is 32.1. The van der Waals surface area contributed by atoms with Crippen LogP contribution in [0.25, 0.3) is 20.8 Å². The fourth-order valence-corrected chi connectivity index (χ4v) is 3.52. The number of imide groups is 1. The van der Waals surface area contributed by atoms with Gasteiger partial charge in [-0.1, -0.05) is 6.07 Å². The van der Waals surface area contributed by atoms with Gasteiger partial charge in [0, 0.05) is 17.7 Å². The van der Waals surface area contributed by atoms with Gasteiger partial charge in [-0.05, 0) is 48.9 Å². The lowest BCUT2D eigenvalue weighted by Gasteiger charge is -2.13. The molecule has 0 radical (unpaired) electrons. The van der Waals surface area contributed by atoms with Gasteiger partial charge in [0.1, 0.15) is 5.01 Å². The summed E-state index contributed by atoms with van der Waals surface area (Å²) in [6, 6.07) is 13.5. The van der Waals surface area contributed by atoms with Crippen molar-refractivity contribution in [2.24, 2.45) is 0 Å². The number of hydrogen-bond donors (Lipinski definition) is 0. The third kappa shape index (κ3) is 2.35. The molecule has 0 fully saturated rings. The van der Waals surface area contributed by atoms with Crippen LogP contribution in [0.5, 0.6) is 0 Å². The molecule has 2 aromatic carbocycles. The van der Waals surface area contributed by atoms with Gasteiger partial charge in [-0.3, -0.25) is 9.59 Å². The van der Waals surface area contributed by atoms with Crippen molar-refractivity contribution in [1.29, 1.82) is 0 Å². The Balaban J connectivity index is 1.69. The number of thiazole rings is 1. The molecule has 0 aliphatic carbocycles. The lowest BCUT2D eigenvalue weighted by molar-refractivity contribution is -0.119. The molecule has 0 atom stereocenters. The van der Waals surface area contributed by atoms with Crippen molar-refractivity contribution in [1.82, 2.24) is 4.98 Å². The number of amides is 2. The monoisotopic (exact) mass is 320 g/mol. The van der Waals surface area contributed by atoms with Gasteiger partial charge in [-0.25, -0.2) is 9.88 Å². The van der Waals surface area contributed by atoms with Gasteiger partial charge in [0.2, 0.25) is 0 Å². The third-order valence-electron chi connectivity index (χ3n) is 3.72. The van der Waals surface area contributed by atoms with Crippen LogP contribution in [0.2, 0.25) is 0 Å². The molecule has 0 saturated carbocycles. The second-order valence-corrected chi connectivity index (χ2v) is 6.41. The lowest BCUT2D eigenvalue weighted by atomic mass is 10.2. The molecule has 0 spiro atoms. The number of hydrogen-bond acceptors (Lipinski definition) is 4. The van der Waals surface area contributed by atoms with Crippen LogP contribution in [0.3, 0.4) is 0 Å². The Kier molecular flexibility index (Phi) is 3.09. The summed E-state index contributed by atoms with van der Waals surface area (Å²) < 4.78 is 1.14. The summed E-state index contributed by atoms with van der Waals surface area (Å²) in [6.07, 6.45) is 2.57. The van der Waals surface area contributed by atoms with Crippen molar-refractivity contribution in [2.75, 3.05) is 4.90 Å². The van der Waals surface area contributed by atoms with Crippen LogP contribution in [-0.4, -0.2) is 16.8 Å². The average molecular weight is 320 g/mol. The van der Waals surface area contributed by atoms with Crippen molar-refractivity contribution in [3.05, 3.63) is 60.2 Å². The van der Waals surface area contributed by atoms with E-state index < -0.39 is 0 Å². The van der Waals surface area contributed by atoms with Crippen molar-refractivity contribution in [2.45, 2.75) is 6.92 Å². The summed E-state index contributed by atoms with van der Waals surface area (Å²) in [6.45, 7) is 2.05. The molecule has 2 amide bonds. The number of benzene rings is 2. The molecule has 1 aromatic heterocycles. The molecule has 0 unspecified atom stereocenters. The highest BCUT2D eigenvalue weighted by molar-refractivity contribution is 7.21. The number of aryl methyl sites for hydroxylation is 1. The van der Waals surface area contributed by atoms with Gasteiger partial charge >= 0.3 is 0 Å². The molecule has 5 heteroatoms. The smallest absolute Gasteiger partial charge is 0.258 e. The van der Waals surface area contributed by atoms with E-state index in [4.69, 9.17) is 0 Å². The number of carbonyl (C=O) groups excluding carboxylic acids is 2. The van der Waals surface area contributed by atoms with E-state index in [0.29, 0.717) is 5.69 Å². The maximum atomic E-state index is 11.7. The second-order valence-electron chi connectivity index (χ2n) is 5.38. The highest BCUT2D eigenvalue weighted by Crippen LogP contribution is 2.32. The Morgan fingerprint density at radius 1 is 0.957 bits per heavy atom. The maximum Gasteiger partial charge on any atom is 0.258 e. The number of anilines is 1. The second kappa shape index (κ2) is 5.14. The van der Waals surface area contributed by atoms with Crippen LogP contribution >= 0.6 is 11.3 Å². The number of aromatic nitrogens is 1. The van der Waals surface area contributed by atoms with E-state index in [1.165, 1.54) is 17.7 Å². The largest absolute Gasteiger partial charge is 0.269 e. The van der Waals surface area contributed by atoms with Crippen LogP contribution in [0.4, 0.5) is 5.69 Å². The molecule has 1 aliphatic heterocycles. The molecular formula is C18H12N2O2S. The van der Waals surface area contributed by atoms with Crippen LogP contribution in [0.15, 0.2) is 54.6 Å². The van der Waals surface area contributed by atoms with E-state index in [0.717, 1.165) is 25.7 Å². The molecular weight excluding hydrogens is 308 g/mol. The number of rotatable bonds is 2. The van der Waals surface area contributed by atoms with Gasteiger partial charge in [0.15, 0.2) is 0 Å². The molecule has 2 heterocycles. The minimum absolute atomic E-state index is 0.307. The van der Waals surface area contributed by atoms with E-state index in [1.54, 1.807) is 23.5 Å². The Morgan fingerprint density at radius 3 is 2.35 bits per heavy atom. The van der Waals surface area contributed by atoms with Crippen molar-refractivity contribution in [3.8, 4) is 10.6 Å². The van der Waals surface area contributed by atoms with E-state index >= 15 is 0 Å². The molecule has 4 nitrogen and oxygen atoms in total. The Labute approximate surface area is 136 Å². The standard InChI is InChI=1S/C18H12N2O2S/c1-11-2-7-15-14(10-11)19-18(23-15)12-3-5-13(6-4-12)20-16(21)8-9-17(20)22/h2-10H,1H3. The first-order valence-corrected chi connectivity index (χ1v) is 7.97. The first-order chi connectivity index (χ1) is 11.1. The number of fused-ring (bicyclic) bond motifs is 1. The summed E-state index contributed by atoms with van der Waals surface area (Å²) in [5.74, 6) is -0.614. The summed E-state index contributed by atoms with van der Waals surface area (Å²) in [5.41, 5.74) is 3.72. The summed E-state index contributed by atoms with van der Waals surface area (Å²) in [5, 5.41) is 0.925. The Morgan fingerprint density at radius 2 is 1.65 bits per heavy atom. The number of nitrogens with zero attached hydrogens (tertiary/aromatic N) is 2. The molecule has 1 aliphatic rings. The normalized spacial score (nSPS) is 14.2. The molecule has 23 heavy (non-hydrogen) atoms. The zero-order valence-electron chi connectivity index (χ0n) is 12.3. The zero-order valence-corrected chi connectivity index (χ0v) is 13.1. The Hall–Kier alpha value is -2.79. The van der Waals surface area contributed by atoms with Crippen molar-refractivity contribution in [3.63, 3.8) is 0 Å². The quantitative estimate of drug-likeness (QED) is 0.677. The summed E-state index contributed by atoms with van der Waals surface area (Å²) >= 11 is 1.63. The van der Waals surface area contributed by atoms with Gasteiger partial charge in [0.25, 0.3) is 11.8 Å². The Bertz CT molecular complexity index is 952. The van der Waals surface area contributed by atoms with E-state index in [-0.39, 0.29) is 11.8 Å². The minimum atomic E-state index is -0.307. The molecule has 0 bridgehead atoms. The maximum absolute atomic E-state index is 11.7. The zero-order chi connectivity index (χ0) is 16.0. The van der Waals surface area contributed by atoms with Crippen molar-refractivity contribution >= 4 is 39.1 Å². The first kappa shape index (κ1) is 13.8. The molecule has 0 saturated heterocycles. The van der Waals surface area contributed by atoms with Crippen LogP contribution in [0.1, 0.15) is 5.56 Å². The van der Waals surface area contributed by atoms with E-state index in [2.05, 4.69) is 23.2 Å². The predicted molar refractivity (Wildman–Crippen MR) is 91.4 cm³/mol. The van der Waals surface area contributed by atoms with E-state index in [9.17, 15) is 9.59 Å². The van der Waals surface area contributed by atoms with Crippen LogP contribution < -0.4 is 4.90 Å². The minimum Gasteiger partial charge on any atom is -0.269 e. The van der Waals surface area contributed by atoms with Gasteiger partial charge in [0.05, 0.1) is 15.9 Å². The fraction of sp³-hybridized carbons (Fsp3) is 0.0556. The predicted octanol–water partition coefficient (Wildman–Crippen LogP) is 3.70. The van der Waals surface area contributed by atoms with Gasteiger partial charge in [-0.15, -0.1) is 11.3 Å². The molecule has 112 valence electrons. The lowest BCUT2D eigenvalue weighted by Crippen LogP contribution is -2.29. The molecule has 0 N–H and O–H groups in total. The fourth-order valence-electron chi connectivity index (χ4n) is 2.57. The SMILES string of the molecule is Cc1ccc2sc(-c3ccc(N4C(=O)C=CC4=O)cc3)nc2c1. The summed E-state index contributed by atoms with van der Waals surface area (Å²) in [4.78, 5) is 29.2. The number of carbonyl (C=O) groups is 2.